The van der Waals surface area contributed by atoms with E-state index in [1.165, 1.54) is 0 Å². The third kappa shape index (κ3) is 4.59. The third-order valence-corrected chi connectivity index (χ3v) is 7.15. The van der Waals surface area contributed by atoms with Crippen molar-refractivity contribution in [3.63, 3.8) is 0 Å². The number of rotatable bonds is 8. The topological polar surface area (TPSA) is 76.4 Å². The second kappa shape index (κ2) is 9.27. The van der Waals surface area contributed by atoms with Crippen LogP contribution in [0.4, 0.5) is 0 Å². The van der Waals surface area contributed by atoms with Gasteiger partial charge in [-0.2, -0.15) is 0 Å². The first-order chi connectivity index (χ1) is 16.1. The Hall–Kier alpha value is -3.32. The molecule has 1 fully saturated rings. The van der Waals surface area contributed by atoms with Crippen molar-refractivity contribution in [1.29, 1.82) is 0 Å². The van der Waals surface area contributed by atoms with Gasteiger partial charge in [0.2, 0.25) is 0 Å². The molecule has 7 heteroatoms. The smallest absolute Gasteiger partial charge is 0.251 e. The summed E-state index contributed by atoms with van der Waals surface area (Å²) in [6.45, 7) is 2.09. The number of nitrogens with zero attached hydrogens (tertiary/aromatic N) is 3. The Balaban J connectivity index is 1.57. The van der Waals surface area contributed by atoms with Crippen LogP contribution in [0.25, 0.3) is 28.2 Å². The number of amides is 1. The standard InChI is InChI=1S/C26H26N4O2S/c1-2-3-15-33(32)26-24-27-16-23(30(24)17-22(29-26)18-7-5-4-6-8-18)19-9-11-20(12-10-19)25(31)28-21-13-14-21/h4-12,16-17,21H,2-3,13-15H2,1H3,(H,28,31). The van der Waals surface area contributed by atoms with Gasteiger partial charge in [-0.05, 0) is 31.4 Å². The summed E-state index contributed by atoms with van der Waals surface area (Å²) in [6, 6.07) is 17.8. The second-order valence-electron chi connectivity index (χ2n) is 8.36. The van der Waals surface area contributed by atoms with E-state index < -0.39 is 10.8 Å². The first-order valence-electron chi connectivity index (χ1n) is 11.4. The Morgan fingerprint density at radius 3 is 2.55 bits per heavy atom. The molecule has 1 N–H and O–H groups in total. The number of aromatic nitrogens is 3. The molecule has 0 spiro atoms. The maximum Gasteiger partial charge on any atom is 0.251 e. The van der Waals surface area contributed by atoms with Gasteiger partial charge in [0.15, 0.2) is 10.7 Å². The molecule has 0 bridgehead atoms. The predicted molar refractivity (Wildman–Crippen MR) is 131 cm³/mol. The van der Waals surface area contributed by atoms with Crippen LogP contribution in [-0.4, -0.2) is 36.3 Å². The average Bonchev–Trinajstić information content (AvgIpc) is 3.57. The highest BCUT2D eigenvalue weighted by atomic mass is 32.2. The molecule has 2 heterocycles. The van der Waals surface area contributed by atoms with Crippen molar-refractivity contribution < 1.29 is 9.00 Å². The second-order valence-corrected chi connectivity index (χ2v) is 9.85. The van der Waals surface area contributed by atoms with E-state index in [4.69, 9.17) is 4.98 Å². The number of hydrogen-bond acceptors (Lipinski definition) is 4. The molecule has 5 rings (SSSR count). The Morgan fingerprint density at radius 2 is 1.85 bits per heavy atom. The predicted octanol–water partition coefficient (Wildman–Crippen LogP) is 4.86. The molecular weight excluding hydrogens is 432 g/mol. The molecule has 0 aliphatic heterocycles. The maximum atomic E-state index is 13.1. The molecule has 33 heavy (non-hydrogen) atoms. The SMILES string of the molecule is CCCCS(=O)c1nc(-c2ccccc2)cn2c(-c3ccc(C(=O)NC4CC4)cc3)cnc12. The Bertz CT molecular complexity index is 1310. The van der Waals surface area contributed by atoms with Crippen molar-refractivity contribution in [1.82, 2.24) is 19.7 Å². The zero-order valence-electron chi connectivity index (χ0n) is 18.5. The van der Waals surface area contributed by atoms with Gasteiger partial charge in [0.25, 0.3) is 5.91 Å². The summed E-state index contributed by atoms with van der Waals surface area (Å²) < 4.78 is 15.1. The van der Waals surface area contributed by atoms with E-state index in [2.05, 4.69) is 17.2 Å². The van der Waals surface area contributed by atoms with Crippen LogP contribution in [0.1, 0.15) is 43.0 Å². The van der Waals surface area contributed by atoms with Gasteiger partial charge in [0, 0.05) is 34.7 Å². The molecule has 2 aromatic carbocycles. The van der Waals surface area contributed by atoms with E-state index in [-0.39, 0.29) is 5.91 Å². The fourth-order valence-electron chi connectivity index (χ4n) is 3.74. The minimum Gasteiger partial charge on any atom is -0.349 e. The lowest BCUT2D eigenvalue weighted by molar-refractivity contribution is 0.0951. The largest absolute Gasteiger partial charge is 0.349 e. The van der Waals surface area contributed by atoms with E-state index in [9.17, 15) is 9.00 Å². The van der Waals surface area contributed by atoms with Crippen LogP contribution < -0.4 is 5.32 Å². The highest BCUT2D eigenvalue weighted by Gasteiger charge is 2.24. The van der Waals surface area contributed by atoms with Crippen molar-refractivity contribution in [2.75, 3.05) is 5.75 Å². The molecule has 4 aromatic rings. The van der Waals surface area contributed by atoms with Crippen LogP contribution in [0.5, 0.6) is 0 Å². The molecule has 2 aromatic heterocycles. The molecular formula is C26H26N4O2S. The lowest BCUT2D eigenvalue weighted by Crippen LogP contribution is -2.25. The number of benzene rings is 2. The summed E-state index contributed by atoms with van der Waals surface area (Å²) in [7, 11) is -1.24. The maximum absolute atomic E-state index is 13.1. The van der Waals surface area contributed by atoms with Crippen molar-refractivity contribution in [3.05, 3.63) is 72.6 Å². The fourth-order valence-corrected chi connectivity index (χ4v) is 5.03. The van der Waals surface area contributed by atoms with Gasteiger partial charge in [0.05, 0.1) is 28.4 Å². The lowest BCUT2D eigenvalue weighted by Gasteiger charge is -2.10. The summed E-state index contributed by atoms with van der Waals surface area (Å²) in [5.74, 6) is 0.524. The van der Waals surface area contributed by atoms with E-state index in [1.54, 1.807) is 6.20 Å². The van der Waals surface area contributed by atoms with Gasteiger partial charge < -0.3 is 5.32 Å². The van der Waals surface area contributed by atoms with E-state index >= 15 is 0 Å². The fraction of sp³-hybridized carbons (Fsp3) is 0.269. The molecule has 1 atom stereocenters. The van der Waals surface area contributed by atoms with Crippen LogP contribution >= 0.6 is 0 Å². The highest BCUT2D eigenvalue weighted by molar-refractivity contribution is 7.85. The molecule has 1 aliphatic carbocycles. The van der Waals surface area contributed by atoms with Crippen LogP contribution in [0.15, 0.2) is 72.0 Å². The quantitative estimate of drug-likeness (QED) is 0.409. The molecule has 1 amide bonds. The third-order valence-electron chi connectivity index (χ3n) is 5.79. The van der Waals surface area contributed by atoms with Gasteiger partial charge in [-0.25, -0.2) is 9.97 Å². The number of unbranched alkanes of at least 4 members (excludes halogenated alkanes) is 1. The minimum atomic E-state index is -1.24. The Kier molecular flexibility index (Phi) is 6.05. The van der Waals surface area contributed by atoms with E-state index in [0.717, 1.165) is 48.2 Å². The van der Waals surface area contributed by atoms with Gasteiger partial charge in [-0.1, -0.05) is 55.8 Å². The number of imidazole rings is 1. The summed E-state index contributed by atoms with van der Waals surface area (Å²) in [5, 5.41) is 3.53. The van der Waals surface area contributed by atoms with Crippen molar-refractivity contribution in [3.8, 4) is 22.5 Å². The Morgan fingerprint density at radius 1 is 1.09 bits per heavy atom. The summed E-state index contributed by atoms with van der Waals surface area (Å²) in [5.41, 5.74) is 4.76. The zero-order chi connectivity index (χ0) is 22.8. The number of fused-ring (bicyclic) bond motifs is 1. The zero-order valence-corrected chi connectivity index (χ0v) is 19.3. The molecule has 1 saturated carbocycles. The number of nitrogens with one attached hydrogen (secondary N) is 1. The van der Waals surface area contributed by atoms with Crippen molar-refractivity contribution in [2.45, 2.75) is 43.7 Å². The van der Waals surface area contributed by atoms with Gasteiger partial charge in [-0.3, -0.25) is 13.4 Å². The van der Waals surface area contributed by atoms with Crippen molar-refractivity contribution in [2.24, 2.45) is 0 Å². The molecule has 0 saturated heterocycles. The first kappa shape index (κ1) is 21.5. The molecule has 1 unspecified atom stereocenters. The highest BCUT2D eigenvalue weighted by Crippen LogP contribution is 2.28. The molecule has 6 nitrogen and oxygen atoms in total. The van der Waals surface area contributed by atoms with E-state index in [1.807, 2.05) is 65.2 Å². The van der Waals surface area contributed by atoms with Crippen LogP contribution in [0.3, 0.4) is 0 Å². The van der Waals surface area contributed by atoms with Crippen molar-refractivity contribution >= 4 is 22.4 Å². The molecule has 1 aliphatic rings. The summed E-state index contributed by atoms with van der Waals surface area (Å²) in [4.78, 5) is 21.7. The number of hydrogen-bond donors (Lipinski definition) is 1. The van der Waals surface area contributed by atoms with Crippen LogP contribution in [0, 0.1) is 0 Å². The van der Waals surface area contributed by atoms with Crippen LogP contribution in [0.2, 0.25) is 0 Å². The van der Waals surface area contributed by atoms with Gasteiger partial charge in [0.1, 0.15) is 0 Å². The monoisotopic (exact) mass is 458 g/mol. The number of carbonyl (C=O) groups excluding carboxylic acids is 1. The van der Waals surface area contributed by atoms with Gasteiger partial charge in [-0.15, -0.1) is 0 Å². The average molecular weight is 459 g/mol. The van der Waals surface area contributed by atoms with Crippen LogP contribution in [-0.2, 0) is 10.8 Å². The molecule has 168 valence electrons. The minimum absolute atomic E-state index is 0.0358. The summed E-state index contributed by atoms with van der Waals surface area (Å²) in [6.07, 6.45) is 7.69. The normalized spacial score (nSPS) is 14.3. The van der Waals surface area contributed by atoms with Gasteiger partial charge >= 0.3 is 0 Å². The molecule has 0 radical (unpaired) electrons. The lowest BCUT2D eigenvalue weighted by atomic mass is 10.1. The summed E-state index contributed by atoms with van der Waals surface area (Å²) >= 11 is 0. The number of carbonyl (C=O) groups is 1. The van der Waals surface area contributed by atoms with E-state index in [0.29, 0.717) is 28.0 Å². The first-order valence-corrected chi connectivity index (χ1v) is 12.7. The Labute approximate surface area is 195 Å².